The smallest absolute Gasteiger partial charge is 0.237 e. The minimum atomic E-state index is -0.325. The lowest BCUT2D eigenvalue weighted by molar-refractivity contribution is -0.116. The van der Waals surface area contributed by atoms with Crippen molar-refractivity contribution < 1.29 is 13.9 Å². The topological polar surface area (TPSA) is 63.5 Å². The number of morpholine rings is 1. The van der Waals surface area contributed by atoms with Crippen LogP contribution in [-0.4, -0.2) is 59.3 Å². The fourth-order valence-corrected chi connectivity index (χ4v) is 4.49. The number of aryl methyl sites for hydroxylation is 1. The zero-order chi connectivity index (χ0) is 22.5. The van der Waals surface area contributed by atoms with E-state index in [-0.39, 0.29) is 17.5 Å². The summed E-state index contributed by atoms with van der Waals surface area (Å²) in [5, 5.41) is 9.54. The van der Waals surface area contributed by atoms with Crippen LogP contribution < -0.4 is 9.80 Å². The average molecular weight is 456 g/mol. The van der Waals surface area contributed by atoms with Crippen molar-refractivity contribution in [2.45, 2.75) is 19.0 Å². The largest absolute Gasteiger partial charge is 0.378 e. The molecule has 1 aliphatic heterocycles. The summed E-state index contributed by atoms with van der Waals surface area (Å²) in [5.74, 6) is 0.548. The third-order valence-corrected chi connectivity index (χ3v) is 6.26. The van der Waals surface area contributed by atoms with Crippen molar-refractivity contribution in [3.63, 3.8) is 0 Å². The van der Waals surface area contributed by atoms with Crippen LogP contribution in [-0.2, 0) is 9.53 Å². The van der Waals surface area contributed by atoms with Gasteiger partial charge in [0.25, 0.3) is 0 Å². The fraction of sp³-hybridized carbons (Fsp3) is 0.348. The molecule has 1 amide bonds. The first kappa shape index (κ1) is 22.3. The van der Waals surface area contributed by atoms with E-state index in [1.54, 1.807) is 17.0 Å². The number of thioether (sulfide) groups is 1. The van der Waals surface area contributed by atoms with Gasteiger partial charge in [-0.1, -0.05) is 30.0 Å². The van der Waals surface area contributed by atoms with Gasteiger partial charge in [-0.15, -0.1) is 10.2 Å². The zero-order valence-corrected chi connectivity index (χ0v) is 19.0. The Bertz CT molecular complexity index is 1070. The number of anilines is 2. The van der Waals surface area contributed by atoms with E-state index >= 15 is 0 Å². The highest BCUT2D eigenvalue weighted by molar-refractivity contribution is 7.99. The average Bonchev–Trinajstić information content (AvgIpc) is 3.24. The van der Waals surface area contributed by atoms with Crippen molar-refractivity contribution in [1.29, 1.82) is 0 Å². The van der Waals surface area contributed by atoms with Gasteiger partial charge in [0.15, 0.2) is 5.16 Å². The first-order valence-electron chi connectivity index (χ1n) is 10.6. The van der Waals surface area contributed by atoms with E-state index in [2.05, 4.69) is 15.1 Å². The molecule has 1 saturated heterocycles. The Morgan fingerprint density at radius 2 is 1.84 bits per heavy atom. The number of carbonyl (C=O) groups excluding carboxylic acids is 1. The molecule has 0 spiro atoms. The molecule has 2 aromatic carbocycles. The molecule has 168 valence electrons. The number of nitrogens with zero attached hydrogens (tertiary/aromatic N) is 5. The third kappa shape index (κ3) is 4.78. The van der Waals surface area contributed by atoms with Crippen LogP contribution in [0.1, 0.15) is 12.5 Å². The van der Waals surface area contributed by atoms with Crippen LogP contribution >= 0.6 is 11.8 Å². The SMILES string of the molecule is CCN(C(=O)CSc1nnc(N2CCOCC2)n1-c1ccccc1C)c1ccc(F)cc1. The van der Waals surface area contributed by atoms with E-state index in [0.717, 1.165) is 30.3 Å². The first-order chi connectivity index (χ1) is 15.6. The number of amides is 1. The molecule has 1 fully saturated rings. The molecule has 32 heavy (non-hydrogen) atoms. The predicted octanol–water partition coefficient (Wildman–Crippen LogP) is 3.70. The highest BCUT2D eigenvalue weighted by Crippen LogP contribution is 2.29. The van der Waals surface area contributed by atoms with Gasteiger partial charge in [0.1, 0.15) is 5.82 Å². The van der Waals surface area contributed by atoms with Crippen molar-refractivity contribution >= 4 is 29.3 Å². The molecule has 0 radical (unpaired) electrons. The molecule has 0 unspecified atom stereocenters. The number of ether oxygens (including phenoxy) is 1. The highest BCUT2D eigenvalue weighted by Gasteiger charge is 2.24. The second kappa shape index (κ2) is 10.1. The molecule has 0 N–H and O–H groups in total. The Morgan fingerprint density at radius 3 is 2.53 bits per heavy atom. The number of carbonyl (C=O) groups is 1. The molecular formula is C23H26FN5O2S. The van der Waals surface area contributed by atoms with Crippen LogP contribution in [0.25, 0.3) is 5.69 Å². The van der Waals surface area contributed by atoms with Gasteiger partial charge in [-0.3, -0.25) is 9.36 Å². The maximum Gasteiger partial charge on any atom is 0.237 e. The number of rotatable bonds is 7. The molecule has 0 saturated carbocycles. The second-order valence-electron chi connectivity index (χ2n) is 7.41. The first-order valence-corrected chi connectivity index (χ1v) is 11.6. The number of benzene rings is 2. The number of hydrogen-bond donors (Lipinski definition) is 0. The Kier molecular flexibility index (Phi) is 7.06. The summed E-state index contributed by atoms with van der Waals surface area (Å²) in [5.41, 5.74) is 2.75. The Morgan fingerprint density at radius 1 is 1.12 bits per heavy atom. The summed E-state index contributed by atoms with van der Waals surface area (Å²) in [6.07, 6.45) is 0. The molecule has 2 heterocycles. The van der Waals surface area contributed by atoms with E-state index < -0.39 is 0 Å². The molecule has 9 heteroatoms. The normalized spacial score (nSPS) is 13.9. The van der Waals surface area contributed by atoms with Gasteiger partial charge in [-0.25, -0.2) is 4.39 Å². The minimum Gasteiger partial charge on any atom is -0.378 e. The van der Waals surface area contributed by atoms with Gasteiger partial charge in [0, 0.05) is 25.3 Å². The number of para-hydroxylation sites is 1. The molecule has 1 aromatic heterocycles. The monoisotopic (exact) mass is 455 g/mol. The van der Waals surface area contributed by atoms with Gasteiger partial charge in [0.05, 0.1) is 24.7 Å². The standard InChI is InChI=1S/C23H26FN5O2S/c1-3-28(19-10-8-18(24)9-11-19)21(30)16-32-23-26-25-22(27-12-14-31-15-13-27)29(23)20-7-5-4-6-17(20)2/h4-11H,3,12-16H2,1-2H3. The fourth-order valence-electron chi connectivity index (χ4n) is 3.68. The summed E-state index contributed by atoms with van der Waals surface area (Å²) >= 11 is 1.35. The lowest BCUT2D eigenvalue weighted by Gasteiger charge is -2.28. The molecule has 0 bridgehead atoms. The van der Waals surface area contributed by atoms with Gasteiger partial charge in [0.2, 0.25) is 11.9 Å². The molecule has 3 aromatic rings. The van der Waals surface area contributed by atoms with Crippen molar-refractivity contribution in [2.24, 2.45) is 0 Å². The molecule has 0 aliphatic carbocycles. The minimum absolute atomic E-state index is 0.0728. The number of halogens is 1. The molecule has 4 rings (SSSR count). The Labute approximate surface area is 191 Å². The van der Waals surface area contributed by atoms with Crippen LogP contribution in [0.4, 0.5) is 16.0 Å². The Balaban J connectivity index is 1.59. The maximum atomic E-state index is 13.3. The van der Waals surface area contributed by atoms with E-state index in [1.807, 2.05) is 42.7 Å². The van der Waals surface area contributed by atoms with Crippen molar-refractivity contribution in [2.75, 3.05) is 48.4 Å². The van der Waals surface area contributed by atoms with Crippen molar-refractivity contribution in [3.05, 3.63) is 59.9 Å². The maximum absolute atomic E-state index is 13.3. The third-order valence-electron chi connectivity index (χ3n) is 5.35. The zero-order valence-electron chi connectivity index (χ0n) is 18.2. The molecule has 0 atom stereocenters. The van der Waals surface area contributed by atoms with E-state index in [1.165, 1.54) is 23.9 Å². The highest BCUT2D eigenvalue weighted by atomic mass is 32.2. The van der Waals surface area contributed by atoms with Crippen LogP contribution in [0.2, 0.25) is 0 Å². The summed E-state index contributed by atoms with van der Waals surface area (Å²) in [6, 6.07) is 14.0. The van der Waals surface area contributed by atoms with Gasteiger partial charge < -0.3 is 14.5 Å². The van der Waals surface area contributed by atoms with Gasteiger partial charge >= 0.3 is 0 Å². The molecular weight excluding hydrogens is 429 g/mol. The summed E-state index contributed by atoms with van der Waals surface area (Å²) in [6.45, 7) is 7.21. The summed E-state index contributed by atoms with van der Waals surface area (Å²) in [7, 11) is 0. The number of hydrogen-bond acceptors (Lipinski definition) is 6. The van der Waals surface area contributed by atoms with Crippen molar-refractivity contribution in [1.82, 2.24) is 14.8 Å². The van der Waals surface area contributed by atoms with E-state index in [0.29, 0.717) is 30.6 Å². The van der Waals surface area contributed by atoms with Gasteiger partial charge in [-0.2, -0.15) is 0 Å². The van der Waals surface area contributed by atoms with Crippen LogP contribution in [0, 0.1) is 12.7 Å². The quantitative estimate of drug-likeness (QED) is 0.507. The predicted molar refractivity (Wildman–Crippen MR) is 124 cm³/mol. The van der Waals surface area contributed by atoms with E-state index in [9.17, 15) is 9.18 Å². The van der Waals surface area contributed by atoms with Crippen LogP contribution in [0.15, 0.2) is 53.7 Å². The van der Waals surface area contributed by atoms with Crippen LogP contribution in [0.3, 0.4) is 0 Å². The lowest BCUT2D eigenvalue weighted by atomic mass is 10.2. The summed E-state index contributed by atoms with van der Waals surface area (Å²) < 4.78 is 20.8. The van der Waals surface area contributed by atoms with Crippen LogP contribution in [0.5, 0.6) is 0 Å². The summed E-state index contributed by atoms with van der Waals surface area (Å²) in [4.78, 5) is 16.8. The lowest BCUT2D eigenvalue weighted by Crippen LogP contribution is -2.38. The second-order valence-corrected chi connectivity index (χ2v) is 8.35. The molecule has 7 nitrogen and oxygen atoms in total. The van der Waals surface area contributed by atoms with Crippen molar-refractivity contribution in [3.8, 4) is 5.69 Å². The Hall–Kier alpha value is -2.91. The number of aromatic nitrogens is 3. The van der Waals surface area contributed by atoms with E-state index in [4.69, 9.17) is 4.74 Å². The van der Waals surface area contributed by atoms with Gasteiger partial charge in [-0.05, 0) is 49.7 Å². The molecule has 1 aliphatic rings.